The summed E-state index contributed by atoms with van der Waals surface area (Å²) in [4.78, 5) is 15.1. The van der Waals surface area contributed by atoms with Crippen molar-refractivity contribution in [3.05, 3.63) is 65.2 Å². The number of sulfonamides is 1. The summed E-state index contributed by atoms with van der Waals surface area (Å²) in [7, 11) is -3.53. The van der Waals surface area contributed by atoms with Crippen molar-refractivity contribution >= 4 is 15.9 Å². The first-order chi connectivity index (χ1) is 14.3. The molecule has 1 saturated heterocycles. The van der Waals surface area contributed by atoms with Gasteiger partial charge in [0.25, 0.3) is 0 Å². The van der Waals surface area contributed by atoms with Crippen LogP contribution in [0, 0.1) is 32.1 Å². The van der Waals surface area contributed by atoms with E-state index in [4.69, 9.17) is 6.42 Å². The standard InChI is InChI=1S/C24H28N2O3S/c1-4-15-25(18-21-9-5-19(2)6-10-21)24(27)22-13-16-26(17-14-22)30(28,29)23-11-7-20(3)8-12-23/h1,5-12,22H,13-18H2,2-3H3. The van der Waals surface area contributed by atoms with Crippen LogP contribution in [0.1, 0.15) is 29.5 Å². The van der Waals surface area contributed by atoms with Crippen LogP contribution in [0.25, 0.3) is 0 Å². The third kappa shape index (κ3) is 5.10. The molecule has 0 bridgehead atoms. The molecule has 0 N–H and O–H groups in total. The van der Waals surface area contributed by atoms with Crippen LogP contribution < -0.4 is 0 Å². The first-order valence-corrected chi connectivity index (χ1v) is 11.6. The van der Waals surface area contributed by atoms with Gasteiger partial charge in [0.15, 0.2) is 0 Å². The van der Waals surface area contributed by atoms with Gasteiger partial charge in [0.05, 0.1) is 11.4 Å². The average Bonchev–Trinajstić information content (AvgIpc) is 2.75. The van der Waals surface area contributed by atoms with E-state index in [2.05, 4.69) is 5.92 Å². The number of rotatable bonds is 6. The molecule has 5 nitrogen and oxygen atoms in total. The molecule has 0 radical (unpaired) electrons. The second-order valence-corrected chi connectivity index (χ2v) is 9.81. The van der Waals surface area contributed by atoms with E-state index in [0.717, 1.165) is 16.7 Å². The van der Waals surface area contributed by atoms with Crippen LogP contribution in [0.2, 0.25) is 0 Å². The monoisotopic (exact) mass is 424 g/mol. The third-order valence-corrected chi connectivity index (χ3v) is 7.46. The van der Waals surface area contributed by atoms with Gasteiger partial charge in [-0.3, -0.25) is 4.79 Å². The van der Waals surface area contributed by atoms with Crippen LogP contribution in [0.4, 0.5) is 0 Å². The fraction of sp³-hybridized carbons (Fsp3) is 0.375. The zero-order valence-electron chi connectivity index (χ0n) is 17.5. The second kappa shape index (κ2) is 9.46. The van der Waals surface area contributed by atoms with Gasteiger partial charge in [0.2, 0.25) is 15.9 Å². The maximum absolute atomic E-state index is 13.1. The first-order valence-electron chi connectivity index (χ1n) is 10.2. The number of hydrogen-bond donors (Lipinski definition) is 0. The van der Waals surface area contributed by atoms with Crippen molar-refractivity contribution < 1.29 is 13.2 Å². The molecule has 0 aliphatic carbocycles. The van der Waals surface area contributed by atoms with Gasteiger partial charge in [0, 0.05) is 25.6 Å². The number of carbonyl (C=O) groups excluding carboxylic acids is 1. The summed E-state index contributed by atoms with van der Waals surface area (Å²) >= 11 is 0. The van der Waals surface area contributed by atoms with E-state index in [1.165, 1.54) is 4.31 Å². The maximum Gasteiger partial charge on any atom is 0.243 e. The van der Waals surface area contributed by atoms with Gasteiger partial charge in [-0.25, -0.2) is 8.42 Å². The molecule has 1 aliphatic rings. The van der Waals surface area contributed by atoms with E-state index in [1.807, 2.05) is 38.1 Å². The van der Waals surface area contributed by atoms with Gasteiger partial charge in [-0.1, -0.05) is 53.4 Å². The predicted octanol–water partition coefficient (Wildman–Crippen LogP) is 3.37. The molecule has 1 amide bonds. The number of carbonyl (C=O) groups is 1. The summed E-state index contributed by atoms with van der Waals surface area (Å²) in [6.07, 6.45) is 6.50. The van der Waals surface area contributed by atoms with E-state index in [-0.39, 0.29) is 18.4 Å². The highest BCUT2D eigenvalue weighted by molar-refractivity contribution is 7.89. The minimum atomic E-state index is -3.53. The first kappa shape index (κ1) is 22.1. The summed E-state index contributed by atoms with van der Waals surface area (Å²) in [6.45, 7) is 5.32. The Bertz CT molecular complexity index is 1010. The lowest BCUT2D eigenvalue weighted by Crippen LogP contribution is -2.44. The van der Waals surface area contributed by atoms with E-state index < -0.39 is 10.0 Å². The smallest absolute Gasteiger partial charge is 0.243 e. The number of nitrogens with zero attached hydrogens (tertiary/aromatic N) is 2. The highest BCUT2D eigenvalue weighted by atomic mass is 32.2. The summed E-state index contributed by atoms with van der Waals surface area (Å²) < 4.78 is 27.2. The van der Waals surface area contributed by atoms with Gasteiger partial charge in [-0.15, -0.1) is 6.42 Å². The molecule has 1 fully saturated rings. The Labute approximate surface area is 179 Å². The number of aryl methyl sites for hydroxylation is 2. The Morgan fingerprint density at radius 3 is 2.10 bits per heavy atom. The number of benzene rings is 2. The van der Waals surface area contributed by atoms with Gasteiger partial charge in [0.1, 0.15) is 0 Å². The molecule has 30 heavy (non-hydrogen) atoms. The molecule has 3 rings (SSSR count). The normalized spacial score (nSPS) is 15.5. The molecule has 6 heteroatoms. The molecule has 0 aromatic heterocycles. The van der Waals surface area contributed by atoms with Crippen LogP contribution in [0.5, 0.6) is 0 Å². The SMILES string of the molecule is C#CCN(Cc1ccc(C)cc1)C(=O)C1CCN(S(=O)(=O)c2ccc(C)cc2)CC1. The lowest BCUT2D eigenvalue weighted by molar-refractivity contribution is -0.136. The highest BCUT2D eigenvalue weighted by Gasteiger charge is 2.33. The van der Waals surface area contributed by atoms with Crippen LogP contribution in [0.15, 0.2) is 53.4 Å². The van der Waals surface area contributed by atoms with Crippen molar-refractivity contribution in [2.24, 2.45) is 5.92 Å². The van der Waals surface area contributed by atoms with Crippen LogP contribution in [-0.2, 0) is 21.4 Å². The van der Waals surface area contributed by atoms with E-state index in [9.17, 15) is 13.2 Å². The molecule has 1 aliphatic heterocycles. The number of hydrogen-bond acceptors (Lipinski definition) is 3. The number of piperidine rings is 1. The van der Waals surface area contributed by atoms with E-state index in [0.29, 0.717) is 37.4 Å². The van der Waals surface area contributed by atoms with Gasteiger partial charge in [-0.05, 0) is 44.4 Å². The molecule has 158 valence electrons. The van der Waals surface area contributed by atoms with E-state index >= 15 is 0 Å². The summed E-state index contributed by atoms with van der Waals surface area (Å²) in [5.41, 5.74) is 3.21. The minimum Gasteiger partial charge on any atom is -0.327 e. The quantitative estimate of drug-likeness (QED) is 0.668. The fourth-order valence-corrected chi connectivity index (χ4v) is 5.17. The minimum absolute atomic E-state index is 0.000842. The topological polar surface area (TPSA) is 57.7 Å². The molecular weight excluding hydrogens is 396 g/mol. The van der Waals surface area contributed by atoms with E-state index in [1.54, 1.807) is 29.2 Å². The van der Waals surface area contributed by atoms with Crippen molar-refractivity contribution in [1.29, 1.82) is 0 Å². The fourth-order valence-electron chi connectivity index (χ4n) is 3.70. The van der Waals surface area contributed by atoms with Crippen molar-refractivity contribution in [3.8, 4) is 12.3 Å². The summed E-state index contributed by atoms with van der Waals surface area (Å²) in [5.74, 6) is 2.36. The molecule has 2 aromatic carbocycles. The maximum atomic E-state index is 13.1. The lowest BCUT2D eigenvalue weighted by Gasteiger charge is -2.33. The largest absolute Gasteiger partial charge is 0.327 e. The Kier molecular flexibility index (Phi) is 6.96. The lowest BCUT2D eigenvalue weighted by atomic mass is 9.96. The Balaban J connectivity index is 1.65. The predicted molar refractivity (Wildman–Crippen MR) is 118 cm³/mol. The highest BCUT2D eigenvalue weighted by Crippen LogP contribution is 2.26. The van der Waals surface area contributed by atoms with Crippen molar-refractivity contribution in [3.63, 3.8) is 0 Å². The molecule has 2 aromatic rings. The van der Waals surface area contributed by atoms with Crippen molar-refractivity contribution in [1.82, 2.24) is 9.21 Å². The summed E-state index contributed by atoms with van der Waals surface area (Å²) in [6, 6.07) is 14.9. The second-order valence-electron chi connectivity index (χ2n) is 7.88. The number of amides is 1. The van der Waals surface area contributed by atoms with Crippen LogP contribution in [-0.4, -0.2) is 43.2 Å². The molecular formula is C24H28N2O3S. The van der Waals surface area contributed by atoms with Crippen molar-refractivity contribution in [2.45, 2.75) is 38.1 Å². The van der Waals surface area contributed by atoms with Gasteiger partial charge < -0.3 is 4.90 Å². The Morgan fingerprint density at radius 1 is 1.03 bits per heavy atom. The van der Waals surface area contributed by atoms with Crippen LogP contribution in [0.3, 0.4) is 0 Å². The Morgan fingerprint density at radius 2 is 1.57 bits per heavy atom. The molecule has 1 heterocycles. The molecule has 0 atom stereocenters. The zero-order valence-corrected chi connectivity index (χ0v) is 18.4. The third-order valence-electron chi connectivity index (χ3n) is 5.55. The summed E-state index contributed by atoms with van der Waals surface area (Å²) in [5, 5.41) is 0. The van der Waals surface area contributed by atoms with Gasteiger partial charge >= 0.3 is 0 Å². The number of terminal acetylenes is 1. The van der Waals surface area contributed by atoms with Crippen molar-refractivity contribution in [2.75, 3.05) is 19.6 Å². The molecule has 0 spiro atoms. The Hall–Kier alpha value is -2.62. The molecule has 0 saturated carbocycles. The van der Waals surface area contributed by atoms with Gasteiger partial charge in [-0.2, -0.15) is 4.31 Å². The average molecular weight is 425 g/mol. The van der Waals surface area contributed by atoms with Crippen LogP contribution >= 0.6 is 0 Å². The molecule has 0 unspecified atom stereocenters. The zero-order chi connectivity index (χ0) is 21.7.